The van der Waals surface area contributed by atoms with E-state index in [1.165, 1.54) is 23.8 Å². The molecule has 3 aromatic rings. The highest BCUT2D eigenvalue weighted by Crippen LogP contribution is 2.38. The number of anilines is 1. The van der Waals surface area contributed by atoms with E-state index in [0.717, 1.165) is 22.5 Å². The lowest BCUT2D eigenvalue weighted by Gasteiger charge is -2.48. The molecule has 1 aromatic heterocycles. The van der Waals surface area contributed by atoms with E-state index in [0.29, 0.717) is 5.75 Å². The zero-order chi connectivity index (χ0) is 31.2. The molecule has 5 rings (SSSR count). The van der Waals surface area contributed by atoms with E-state index < -0.39 is 47.4 Å². The summed E-state index contributed by atoms with van der Waals surface area (Å²) in [6.45, 7) is 1.70. The molecular weight excluding hydrogens is 606 g/mol. The first-order valence-electron chi connectivity index (χ1n) is 13.6. The van der Waals surface area contributed by atoms with Crippen LogP contribution in [-0.2, 0) is 33.5 Å². The van der Waals surface area contributed by atoms with E-state index in [-0.39, 0.29) is 28.7 Å². The van der Waals surface area contributed by atoms with E-state index in [4.69, 9.17) is 20.0 Å². The van der Waals surface area contributed by atoms with Crippen molar-refractivity contribution in [2.24, 2.45) is 5.16 Å². The second-order valence-corrected chi connectivity index (χ2v) is 11.6. The van der Waals surface area contributed by atoms with E-state index >= 15 is 0 Å². The summed E-state index contributed by atoms with van der Waals surface area (Å²) in [7, 11) is 1.28. The molecule has 2 aliphatic heterocycles. The van der Waals surface area contributed by atoms with Crippen LogP contribution in [0.3, 0.4) is 0 Å². The van der Waals surface area contributed by atoms with Gasteiger partial charge in [0.05, 0.1) is 0 Å². The van der Waals surface area contributed by atoms with Gasteiger partial charge in [0.25, 0.3) is 11.8 Å². The van der Waals surface area contributed by atoms with Crippen molar-refractivity contribution in [2.45, 2.75) is 37.0 Å². The number of esters is 2. The van der Waals surface area contributed by atoms with E-state index in [1.54, 1.807) is 18.4 Å². The third kappa shape index (κ3) is 6.45. The first kappa shape index (κ1) is 30.8. The number of oxime groups is 1. The number of thiazole rings is 1. The minimum Gasteiger partial charge on any atom is -0.450 e. The number of ether oxygens (including phenoxy) is 2. The molecule has 0 radical (unpaired) electrons. The number of benzene rings is 2. The number of fused-ring (bicyclic) bond motifs is 1. The molecule has 2 aliphatic rings. The Morgan fingerprint density at radius 2 is 1.75 bits per heavy atom. The van der Waals surface area contributed by atoms with Gasteiger partial charge in [-0.3, -0.25) is 14.5 Å². The van der Waals surface area contributed by atoms with E-state index in [9.17, 15) is 19.2 Å². The molecule has 2 amide bonds. The van der Waals surface area contributed by atoms with Gasteiger partial charge in [-0.1, -0.05) is 72.7 Å². The summed E-state index contributed by atoms with van der Waals surface area (Å²) in [5.74, 6) is -2.38. The van der Waals surface area contributed by atoms with Crippen LogP contribution < -0.4 is 11.1 Å². The van der Waals surface area contributed by atoms with Crippen LogP contribution >= 0.6 is 23.1 Å². The largest absolute Gasteiger partial charge is 0.450 e. The molecule has 3 heterocycles. The molecule has 14 heteroatoms. The number of hydrogen-bond acceptors (Lipinski definition) is 12. The molecule has 12 nitrogen and oxygen atoms in total. The van der Waals surface area contributed by atoms with E-state index in [1.807, 2.05) is 60.7 Å². The number of carbonyl (C=O) groups is 4. The number of nitrogens with zero attached hydrogens (tertiary/aromatic N) is 3. The van der Waals surface area contributed by atoms with Gasteiger partial charge in [-0.2, -0.15) is 0 Å². The Morgan fingerprint density at radius 3 is 2.32 bits per heavy atom. The highest BCUT2D eigenvalue weighted by Gasteiger charge is 2.53. The lowest BCUT2D eigenvalue weighted by atomic mass is 10.0. The molecule has 2 unspecified atom stereocenters. The summed E-state index contributed by atoms with van der Waals surface area (Å²) >= 11 is 2.48. The molecule has 1 fully saturated rings. The third-order valence-corrected chi connectivity index (χ3v) is 8.68. The Bertz CT molecular complexity index is 1560. The molecule has 0 spiro atoms. The van der Waals surface area contributed by atoms with Crippen LogP contribution in [0.15, 0.2) is 83.0 Å². The van der Waals surface area contributed by atoms with Gasteiger partial charge < -0.3 is 25.4 Å². The van der Waals surface area contributed by atoms with Crippen molar-refractivity contribution in [3.8, 4) is 0 Å². The fourth-order valence-electron chi connectivity index (χ4n) is 4.70. The lowest BCUT2D eigenvalue weighted by Crippen LogP contribution is -2.70. The zero-order valence-corrected chi connectivity index (χ0v) is 25.4. The minimum atomic E-state index is -1.21. The smallest absolute Gasteiger partial charge is 0.355 e. The van der Waals surface area contributed by atoms with Crippen molar-refractivity contribution in [3.05, 3.63) is 94.6 Å². The van der Waals surface area contributed by atoms with Gasteiger partial charge in [0.15, 0.2) is 23.1 Å². The molecule has 2 aromatic carbocycles. The highest BCUT2D eigenvalue weighted by atomic mass is 32.2. The highest BCUT2D eigenvalue weighted by molar-refractivity contribution is 8.00. The molecule has 3 N–H and O–H groups in total. The average molecular weight is 636 g/mol. The second-order valence-electron chi connectivity index (χ2n) is 9.61. The number of thioether (sulfide) groups is 1. The van der Waals surface area contributed by atoms with Crippen LogP contribution in [0.4, 0.5) is 5.13 Å². The molecule has 228 valence electrons. The van der Waals surface area contributed by atoms with Gasteiger partial charge in [0.1, 0.15) is 29.9 Å². The number of carbonyl (C=O) groups excluding carboxylic acids is 4. The quantitative estimate of drug-likeness (QED) is 0.139. The number of β-lactam (4-membered cyclic amide) rings is 1. The number of aromatic nitrogens is 1. The van der Waals surface area contributed by atoms with Crippen LogP contribution in [0.2, 0.25) is 0 Å². The number of amides is 2. The fourth-order valence-corrected chi connectivity index (χ4v) is 6.44. The summed E-state index contributed by atoms with van der Waals surface area (Å²) < 4.78 is 11.5. The minimum absolute atomic E-state index is 0.00350. The van der Waals surface area contributed by atoms with Crippen LogP contribution in [0, 0.1) is 0 Å². The summed E-state index contributed by atoms with van der Waals surface area (Å²) in [6.07, 6.45) is -0.205. The van der Waals surface area contributed by atoms with Crippen LogP contribution in [0.5, 0.6) is 0 Å². The topological polar surface area (TPSA) is 163 Å². The van der Waals surface area contributed by atoms with Crippen molar-refractivity contribution in [3.63, 3.8) is 0 Å². The van der Waals surface area contributed by atoms with Crippen LogP contribution in [0.25, 0.3) is 0 Å². The van der Waals surface area contributed by atoms with Gasteiger partial charge >= 0.3 is 11.9 Å². The van der Waals surface area contributed by atoms with Gasteiger partial charge in [-0.25, -0.2) is 14.6 Å². The van der Waals surface area contributed by atoms with Crippen LogP contribution in [-0.4, -0.2) is 69.7 Å². The Balaban J connectivity index is 1.25. The van der Waals surface area contributed by atoms with E-state index in [2.05, 4.69) is 15.5 Å². The Hall–Kier alpha value is -4.69. The lowest BCUT2D eigenvalue weighted by molar-refractivity contribution is -0.170. The first-order valence-corrected chi connectivity index (χ1v) is 15.5. The van der Waals surface area contributed by atoms with Crippen molar-refractivity contribution < 1.29 is 33.5 Å². The average Bonchev–Trinajstić information content (AvgIpc) is 3.49. The summed E-state index contributed by atoms with van der Waals surface area (Å²) in [6, 6.07) is 17.6. The van der Waals surface area contributed by atoms with Gasteiger partial charge in [-0.15, -0.1) is 23.1 Å². The van der Waals surface area contributed by atoms with Crippen molar-refractivity contribution in [1.29, 1.82) is 0 Å². The fraction of sp³-hybridized carbons (Fsp3) is 0.267. The third-order valence-electron chi connectivity index (χ3n) is 6.83. The number of rotatable bonds is 11. The SMILES string of the molecule is CCC(OC(=O)C1=CCS[C@@H]2C(NC(=O)/C(=N\OC)c3csc(N)n3)C(=O)N12)C(=O)OC(c1ccccc1)c1ccccc1. The Kier molecular flexibility index (Phi) is 9.60. The molecule has 0 aliphatic carbocycles. The molecule has 0 bridgehead atoms. The summed E-state index contributed by atoms with van der Waals surface area (Å²) in [5, 5.41) is 7.60. The summed E-state index contributed by atoms with van der Waals surface area (Å²) in [4.78, 5) is 62.9. The van der Waals surface area contributed by atoms with Crippen LogP contribution in [0.1, 0.15) is 36.3 Å². The van der Waals surface area contributed by atoms with Gasteiger partial charge in [0, 0.05) is 11.1 Å². The molecule has 1 saturated heterocycles. The maximum absolute atomic E-state index is 13.3. The Morgan fingerprint density at radius 1 is 1.09 bits per heavy atom. The van der Waals surface area contributed by atoms with Crippen molar-refractivity contribution in [2.75, 3.05) is 18.6 Å². The van der Waals surface area contributed by atoms with Gasteiger partial charge in [-0.05, 0) is 23.6 Å². The molecule has 3 atom stereocenters. The van der Waals surface area contributed by atoms with Crippen molar-refractivity contribution in [1.82, 2.24) is 15.2 Å². The predicted molar refractivity (Wildman–Crippen MR) is 164 cm³/mol. The first-order chi connectivity index (χ1) is 21.3. The molecule has 44 heavy (non-hydrogen) atoms. The maximum atomic E-state index is 13.3. The Labute approximate surface area is 261 Å². The molecule has 0 saturated carbocycles. The number of nitrogen functional groups attached to an aromatic ring is 1. The maximum Gasteiger partial charge on any atom is 0.355 e. The normalized spacial score (nSPS) is 18.4. The van der Waals surface area contributed by atoms with Crippen molar-refractivity contribution >= 4 is 57.7 Å². The summed E-state index contributed by atoms with van der Waals surface area (Å²) in [5.41, 5.74) is 7.27. The number of hydrogen-bond donors (Lipinski definition) is 2. The number of nitrogens with two attached hydrogens (primary N) is 1. The monoisotopic (exact) mass is 635 g/mol. The second kappa shape index (κ2) is 13.7. The molecular formula is C30H29N5O7S2. The number of nitrogens with one attached hydrogen (secondary N) is 1. The zero-order valence-electron chi connectivity index (χ0n) is 23.7. The van der Waals surface area contributed by atoms with Gasteiger partial charge in [0.2, 0.25) is 0 Å². The predicted octanol–water partition coefficient (Wildman–Crippen LogP) is 3.01. The standard InChI is InChI=1S/C30H29N5O7S2/c1-3-21(29(39)42-24(17-10-6-4-7-11-17)18-12-8-5-9-13-18)41-28(38)20-14-15-43-27-23(26(37)35(20)27)33-25(36)22(34-40-2)19-16-44-30(31)32-19/h4-14,16,21,23-24,27H,3,15H2,1-2H3,(H2,31,32)(H,33,36)/b34-22-/t21?,23?,27-/m1/s1.